The van der Waals surface area contributed by atoms with Crippen LogP contribution in [-0.2, 0) is 16.0 Å². The van der Waals surface area contributed by atoms with Gasteiger partial charge in [0.25, 0.3) is 0 Å². The number of carbonyl (C=O) groups excluding carboxylic acids is 2. The van der Waals surface area contributed by atoms with E-state index in [0.717, 1.165) is 25.7 Å². The van der Waals surface area contributed by atoms with E-state index in [4.69, 9.17) is 0 Å². The number of hydrogen-bond acceptors (Lipinski definition) is 2. The van der Waals surface area contributed by atoms with Crippen LogP contribution in [0.5, 0.6) is 0 Å². The van der Waals surface area contributed by atoms with Crippen LogP contribution < -0.4 is 10.6 Å². The lowest BCUT2D eigenvalue weighted by Gasteiger charge is -2.27. The highest BCUT2D eigenvalue weighted by Gasteiger charge is 2.29. The van der Waals surface area contributed by atoms with Crippen molar-refractivity contribution in [1.82, 2.24) is 10.6 Å². The van der Waals surface area contributed by atoms with Crippen molar-refractivity contribution in [2.24, 2.45) is 0 Å². The standard InChI is InChI=1S/C22H36N2O2/c1-5-6-7-8-12-15-20(25)24-22(3,4)21(26)23-18(2)16-17-19-13-10-9-11-14-19/h9-11,13-14,18H,5-8,12,15-17H2,1-4H3,(H,23,26)(H,24,25)/t18-/m0/s1. The molecule has 0 fully saturated rings. The average Bonchev–Trinajstić information content (AvgIpc) is 2.60. The molecule has 1 atom stereocenters. The highest BCUT2D eigenvalue weighted by molar-refractivity contribution is 5.90. The molecule has 0 aliphatic heterocycles. The third-order valence-electron chi connectivity index (χ3n) is 4.61. The van der Waals surface area contributed by atoms with E-state index in [1.807, 2.05) is 25.1 Å². The van der Waals surface area contributed by atoms with Crippen molar-refractivity contribution in [3.63, 3.8) is 0 Å². The van der Waals surface area contributed by atoms with Crippen LogP contribution >= 0.6 is 0 Å². The van der Waals surface area contributed by atoms with Gasteiger partial charge in [-0.2, -0.15) is 0 Å². The molecule has 0 aromatic heterocycles. The minimum atomic E-state index is -0.887. The first-order chi connectivity index (χ1) is 12.3. The zero-order valence-electron chi connectivity index (χ0n) is 16.9. The molecule has 4 nitrogen and oxygen atoms in total. The zero-order valence-corrected chi connectivity index (χ0v) is 16.9. The van der Waals surface area contributed by atoms with Gasteiger partial charge in [-0.1, -0.05) is 62.9 Å². The summed E-state index contributed by atoms with van der Waals surface area (Å²) >= 11 is 0. The molecule has 0 saturated carbocycles. The Morgan fingerprint density at radius 1 is 1.04 bits per heavy atom. The van der Waals surface area contributed by atoms with Crippen molar-refractivity contribution in [3.8, 4) is 0 Å². The lowest BCUT2D eigenvalue weighted by Crippen LogP contribution is -2.56. The Morgan fingerprint density at radius 3 is 2.35 bits per heavy atom. The van der Waals surface area contributed by atoms with Crippen LogP contribution in [0.15, 0.2) is 30.3 Å². The first-order valence-corrected chi connectivity index (χ1v) is 10.0. The number of amides is 2. The average molecular weight is 361 g/mol. The van der Waals surface area contributed by atoms with Gasteiger partial charge in [0, 0.05) is 12.5 Å². The lowest BCUT2D eigenvalue weighted by atomic mass is 10.0. The van der Waals surface area contributed by atoms with E-state index in [1.165, 1.54) is 24.8 Å². The number of aryl methyl sites for hydroxylation is 1. The maximum Gasteiger partial charge on any atom is 0.245 e. The summed E-state index contributed by atoms with van der Waals surface area (Å²) in [5, 5.41) is 5.90. The van der Waals surface area contributed by atoms with Crippen LogP contribution in [0.1, 0.15) is 78.2 Å². The summed E-state index contributed by atoms with van der Waals surface area (Å²) in [7, 11) is 0. The molecular weight excluding hydrogens is 324 g/mol. The molecule has 1 rings (SSSR count). The van der Waals surface area contributed by atoms with Gasteiger partial charge < -0.3 is 10.6 Å². The molecule has 26 heavy (non-hydrogen) atoms. The third kappa shape index (κ3) is 9.02. The second-order valence-electron chi connectivity index (χ2n) is 7.74. The van der Waals surface area contributed by atoms with E-state index in [0.29, 0.717) is 6.42 Å². The van der Waals surface area contributed by atoms with Gasteiger partial charge in [-0.15, -0.1) is 0 Å². The van der Waals surface area contributed by atoms with Gasteiger partial charge in [0.2, 0.25) is 11.8 Å². The fourth-order valence-electron chi connectivity index (χ4n) is 2.86. The monoisotopic (exact) mass is 360 g/mol. The number of nitrogens with one attached hydrogen (secondary N) is 2. The number of unbranched alkanes of at least 4 members (excludes halogenated alkanes) is 4. The van der Waals surface area contributed by atoms with Crippen LogP contribution in [-0.4, -0.2) is 23.4 Å². The molecule has 4 heteroatoms. The van der Waals surface area contributed by atoms with E-state index in [1.54, 1.807) is 13.8 Å². The van der Waals surface area contributed by atoms with Crippen LogP contribution in [0.3, 0.4) is 0 Å². The van der Waals surface area contributed by atoms with Crippen molar-refractivity contribution in [1.29, 1.82) is 0 Å². The first-order valence-electron chi connectivity index (χ1n) is 10.0. The van der Waals surface area contributed by atoms with E-state index in [9.17, 15) is 9.59 Å². The Morgan fingerprint density at radius 2 is 1.69 bits per heavy atom. The van der Waals surface area contributed by atoms with Crippen molar-refractivity contribution in [3.05, 3.63) is 35.9 Å². The number of benzene rings is 1. The largest absolute Gasteiger partial charge is 0.352 e. The van der Waals surface area contributed by atoms with Gasteiger partial charge in [-0.05, 0) is 45.6 Å². The minimum absolute atomic E-state index is 0.0430. The van der Waals surface area contributed by atoms with Gasteiger partial charge in [-0.3, -0.25) is 9.59 Å². The van der Waals surface area contributed by atoms with Crippen LogP contribution in [0, 0.1) is 0 Å². The normalized spacial score (nSPS) is 12.5. The van der Waals surface area contributed by atoms with Crippen molar-refractivity contribution in [2.45, 2.75) is 90.6 Å². The second-order valence-corrected chi connectivity index (χ2v) is 7.74. The summed E-state index contributed by atoms with van der Waals surface area (Å²) in [5.41, 5.74) is 0.380. The second kappa shape index (κ2) is 11.7. The molecule has 0 radical (unpaired) electrons. The predicted molar refractivity (Wildman–Crippen MR) is 108 cm³/mol. The first kappa shape index (κ1) is 22.2. The van der Waals surface area contributed by atoms with Crippen molar-refractivity contribution >= 4 is 11.8 Å². The SMILES string of the molecule is CCCCCCCC(=O)NC(C)(C)C(=O)N[C@@H](C)CCc1ccccc1. The number of hydrogen-bond donors (Lipinski definition) is 2. The van der Waals surface area contributed by atoms with E-state index in [-0.39, 0.29) is 17.9 Å². The molecule has 1 aromatic carbocycles. The smallest absolute Gasteiger partial charge is 0.245 e. The van der Waals surface area contributed by atoms with E-state index in [2.05, 4.69) is 29.7 Å². The van der Waals surface area contributed by atoms with Crippen molar-refractivity contribution < 1.29 is 9.59 Å². The van der Waals surface area contributed by atoms with Gasteiger partial charge in [-0.25, -0.2) is 0 Å². The highest BCUT2D eigenvalue weighted by Crippen LogP contribution is 2.09. The summed E-state index contributed by atoms with van der Waals surface area (Å²) in [6.07, 6.45) is 7.83. The molecule has 146 valence electrons. The molecule has 0 heterocycles. The predicted octanol–water partition coefficient (Wildman–Crippen LogP) is 4.38. The fraction of sp³-hybridized carbons (Fsp3) is 0.636. The van der Waals surface area contributed by atoms with Crippen LogP contribution in [0.4, 0.5) is 0 Å². The summed E-state index contributed by atoms with van der Waals surface area (Å²) in [6, 6.07) is 10.3. The fourth-order valence-corrected chi connectivity index (χ4v) is 2.86. The Balaban J connectivity index is 2.32. The van der Waals surface area contributed by atoms with Crippen LogP contribution in [0.2, 0.25) is 0 Å². The molecule has 1 aromatic rings. The van der Waals surface area contributed by atoms with Gasteiger partial charge in [0.1, 0.15) is 5.54 Å². The molecule has 2 amide bonds. The quantitative estimate of drug-likeness (QED) is 0.544. The molecule has 0 aliphatic rings. The summed E-state index contributed by atoms with van der Waals surface area (Å²) in [5.74, 6) is -0.170. The van der Waals surface area contributed by atoms with E-state index < -0.39 is 5.54 Å². The maximum atomic E-state index is 12.5. The molecular formula is C22H36N2O2. The number of carbonyl (C=O) groups is 2. The zero-order chi connectivity index (χ0) is 19.4. The Labute approximate surface area is 159 Å². The molecule has 0 spiro atoms. The Hall–Kier alpha value is -1.84. The molecule has 2 N–H and O–H groups in total. The van der Waals surface area contributed by atoms with E-state index >= 15 is 0 Å². The Bertz CT molecular complexity index is 540. The molecule has 0 unspecified atom stereocenters. The lowest BCUT2D eigenvalue weighted by molar-refractivity contribution is -0.132. The summed E-state index contributed by atoms with van der Waals surface area (Å²) < 4.78 is 0. The topological polar surface area (TPSA) is 58.2 Å². The van der Waals surface area contributed by atoms with Crippen molar-refractivity contribution in [2.75, 3.05) is 0 Å². The van der Waals surface area contributed by atoms with Crippen LogP contribution in [0.25, 0.3) is 0 Å². The third-order valence-corrected chi connectivity index (χ3v) is 4.61. The number of rotatable bonds is 12. The highest BCUT2D eigenvalue weighted by atomic mass is 16.2. The summed E-state index contributed by atoms with van der Waals surface area (Å²) in [4.78, 5) is 24.6. The molecule has 0 aliphatic carbocycles. The van der Waals surface area contributed by atoms with Gasteiger partial charge >= 0.3 is 0 Å². The summed E-state index contributed by atoms with van der Waals surface area (Å²) in [6.45, 7) is 7.71. The Kier molecular flexibility index (Phi) is 10.0. The molecule has 0 bridgehead atoms. The van der Waals surface area contributed by atoms with Gasteiger partial charge in [0.15, 0.2) is 0 Å². The maximum absolute atomic E-state index is 12.5. The minimum Gasteiger partial charge on any atom is -0.352 e. The van der Waals surface area contributed by atoms with Gasteiger partial charge in [0.05, 0.1) is 0 Å². The molecule has 0 saturated heterocycles.